The molecule has 0 amide bonds. The molecule has 3 aromatic carbocycles. The summed E-state index contributed by atoms with van der Waals surface area (Å²) >= 11 is 0. The number of ketones is 1. The molecule has 0 aliphatic heterocycles. The molecule has 128 valence electrons. The maximum atomic E-state index is 13.0. The fourth-order valence-corrected chi connectivity index (χ4v) is 3.39. The lowest BCUT2D eigenvalue weighted by atomic mass is 10.0. The summed E-state index contributed by atoms with van der Waals surface area (Å²) in [6.45, 7) is 4.37. The van der Waals surface area contributed by atoms with Crippen molar-refractivity contribution in [2.75, 3.05) is 5.32 Å². The predicted octanol–water partition coefficient (Wildman–Crippen LogP) is 5.99. The summed E-state index contributed by atoms with van der Waals surface area (Å²) < 4.78 is 0. The van der Waals surface area contributed by atoms with Crippen LogP contribution in [0.2, 0.25) is 0 Å². The molecule has 0 radical (unpaired) electrons. The van der Waals surface area contributed by atoms with Crippen molar-refractivity contribution >= 4 is 22.7 Å². The van der Waals surface area contributed by atoms with Gasteiger partial charge in [-0.1, -0.05) is 80.6 Å². The predicted molar refractivity (Wildman–Crippen MR) is 108 cm³/mol. The maximum Gasteiger partial charge on any atom is 0.196 e. The Bertz CT molecular complexity index is 982. The molecule has 0 unspecified atom stereocenters. The third-order valence-electron chi connectivity index (χ3n) is 4.83. The van der Waals surface area contributed by atoms with E-state index in [0.29, 0.717) is 5.92 Å². The van der Waals surface area contributed by atoms with Gasteiger partial charge in [-0.25, -0.2) is 0 Å². The summed E-state index contributed by atoms with van der Waals surface area (Å²) in [5, 5.41) is 3.50. The zero-order valence-corrected chi connectivity index (χ0v) is 15.0. The van der Waals surface area contributed by atoms with Crippen LogP contribution in [0.4, 0.5) is 5.69 Å². The minimum Gasteiger partial charge on any atom is -0.354 e. The highest BCUT2D eigenvalue weighted by Crippen LogP contribution is 2.38. The fraction of sp³-hybridized carbons (Fsp3) is 0.125. The highest BCUT2D eigenvalue weighted by atomic mass is 16.1. The van der Waals surface area contributed by atoms with Crippen LogP contribution < -0.4 is 5.32 Å². The summed E-state index contributed by atoms with van der Waals surface area (Å²) in [6, 6.07) is 26.1. The largest absolute Gasteiger partial charge is 0.354 e. The summed E-state index contributed by atoms with van der Waals surface area (Å²) in [5.41, 5.74) is 6.57. The lowest BCUT2D eigenvalue weighted by molar-refractivity contribution is 0.105. The molecule has 0 aromatic heterocycles. The molecule has 1 aliphatic rings. The van der Waals surface area contributed by atoms with Crippen molar-refractivity contribution in [1.29, 1.82) is 0 Å². The second kappa shape index (κ2) is 6.64. The third-order valence-corrected chi connectivity index (χ3v) is 4.83. The van der Waals surface area contributed by atoms with E-state index in [1.807, 2.05) is 54.6 Å². The Morgan fingerprint density at radius 1 is 0.731 bits per heavy atom. The number of carbonyl (C=O) groups excluding carboxylic acids is 1. The van der Waals surface area contributed by atoms with Crippen LogP contribution in [0.5, 0.6) is 0 Å². The first-order valence-electron chi connectivity index (χ1n) is 8.96. The van der Waals surface area contributed by atoms with Crippen LogP contribution in [0.1, 0.15) is 46.8 Å². The number of nitrogens with one attached hydrogen (secondary N) is 1. The Kier molecular flexibility index (Phi) is 4.18. The van der Waals surface area contributed by atoms with Crippen molar-refractivity contribution < 1.29 is 4.79 Å². The van der Waals surface area contributed by atoms with E-state index >= 15 is 0 Å². The molecule has 1 aliphatic carbocycles. The van der Waals surface area contributed by atoms with Gasteiger partial charge in [-0.3, -0.25) is 4.79 Å². The molecule has 0 fully saturated rings. The first-order chi connectivity index (χ1) is 12.6. The second-order valence-corrected chi connectivity index (χ2v) is 6.89. The lowest BCUT2D eigenvalue weighted by Gasteiger charge is -2.13. The number of benzene rings is 3. The van der Waals surface area contributed by atoms with Gasteiger partial charge in [0.15, 0.2) is 5.78 Å². The van der Waals surface area contributed by atoms with Crippen LogP contribution in [0.25, 0.3) is 11.3 Å². The van der Waals surface area contributed by atoms with Gasteiger partial charge in [-0.05, 0) is 29.2 Å². The SMILES string of the molecule is CC(C)c1ccc(NC2=C(c3ccccc3)C(=O)c3ccccc32)cc1. The van der Waals surface area contributed by atoms with Gasteiger partial charge in [0.1, 0.15) is 0 Å². The Balaban J connectivity index is 1.80. The van der Waals surface area contributed by atoms with Crippen molar-refractivity contribution in [2.24, 2.45) is 0 Å². The van der Waals surface area contributed by atoms with E-state index in [4.69, 9.17) is 0 Å². The molecule has 0 saturated carbocycles. The van der Waals surface area contributed by atoms with E-state index in [0.717, 1.165) is 33.6 Å². The number of hydrogen-bond donors (Lipinski definition) is 1. The van der Waals surface area contributed by atoms with E-state index in [2.05, 4.69) is 43.4 Å². The third kappa shape index (κ3) is 2.84. The first-order valence-corrected chi connectivity index (χ1v) is 8.96. The zero-order valence-electron chi connectivity index (χ0n) is 15.0. The Morgan fingerprint density at radius 2 is 1.35 bits per heavy atom. The molecular formula is C24H21NO. The van der Waals surface area contributed by atoms with Crippen molar-refractivity contribution in [3.8, 4) is 0 Å². The molecule has 0 bridgehead atoms. The highest BCUT2D eigenvalue weighted by molar-refractivity contribution is 6.40. The number of allylic oxidation sites excluding steroid dienone is 1. The molecule has 2 nitrogen and oxygen atoms in total. The number of hydrogen-bond acceptors (Lipinski definition) is 2. The van der Waals surface area contributed by atoms with Gasteiger partial charge < -0.3 is 5.32 Å². The fourth-order valence-electron chi connectivity index (χ4n) is 3.39. The highest BCUT2D eigenvalue weighted by Gasteiger charge is 2.30. The number of Topliss-reactive ketones (excluding diaryl/α,β-unsaturated/α-hetero) is 1. The summed E-state index contributed by atoms with van der Waals surface area (Å²) in [4.78, 5) is 13.0. The molecule has 1 N–H and O–H groups in total. The van der Waals surface area contributed by atoms with Crippen molar-refractivity contribution in [3.63, 3.8) is 0 Å². The van der Waals surface area contributed by atoms with Gasteiger partial charge in [0, 0.05) is 16.8 Å². The zero-order chi connectivity index (χ0) is 18.1. The number of anilines is 1. The van der Waals surface area contributed by atoms with Crippen LogP contribution in [0.3, 0.4) is 0 Å². The molecule has 3 aromatic rings. The van der Waals surface area contributed by atoms with E-state index in [1.54, 1.807) is 0 Å². The van der Waals surface area contributed by atoms with E-state index in [1.165, 1.54) is 5.56 Å². The minimum atomic E-state index is 0.0769. The van der Waals surface area contributed by atoms with Crippen LogP contribution in [-0.4, -0.2) is 5.78 Å². The number of carbonyl (C=O) groups is 1. The van der Waals surface area contributed by atoms with Crippen molar-refractivity contribution in [2.45, 2.75) is 19.8 Å². The Morgan fingerprint density at radius 3 is 2.00 bits per heavy atom. The Labute approximate surface area is 154 Å². The van der Waals surface area contributed by atoms with Gasteiger partial charge in [-0.2, -0.15) is 0 Å². The second-order valence-electron chi connectivity index (χ2n) is 6.89. The standard InChI is InChI=1S/C24H21NO/c1-16(2)17-12-14-19(15-13-17)25-23-20-10-6-7-11-21(20)24(26)22(23)18-8-4-3-5-9-18/h3-16,25H,1-2H3. The summed E-state index contributed by atoms with van der Waals surface area (Å²) in [6.07, 6.45) is 0. The van der Waals surface area contributed by atoms with Gasteiger partial charge in [0.2, 0.25) is 0 Å². The quantitative estimate of drug-likeness (QED) is 0.633. The summed E-state index contributed by atoms with van der Waals surface area (Å²) in [5.74, 6) is 0.574. The normalized spacial score (nSPS) is 13.3. The molecule has 4 rings (SSSR count). The number of rotatable bonds is 4. The van der Waals surface area contributed by atoms with E-state index < -0.39 is 0 Å². The molecule has 0 saturated heterocycles. The molecule has 0 spiro atoms. The molecular weight excluding hydrogens is 318 g/mol. The topological polar surface area (TPSA) is 29.1 Å². The summed E-state index contributed by atoms with van der Waals surface area (Å²) in [7, 11) is 0. The van der Waals surface area contributed by atoms with Crippen LogP contribution in [0.15, 0.2) is 78.9 Å². The molecule has 2 heteroatoms. The Hall–Kier alpha value is -3.13. The average Bonchev–Trinajstić information content (AvgIpc) is 2.95. The van der Waals surface area contributed by atoms with Gasteiger partial charge in [0.05, 0.1) is 11.3 Å². The van der Waals surface area contributed by atoms with Crippen molar-refractivity contribution in [1.82, 2.24) is 0 Å². The van der Waals surface area contributed by atoms with Crippen LogP contribution in [0, 0.1) is 0 Å². The van der Waals surface area contributed by atoms with Gasteiger partial charge in [-0.15, -0.1) is 0 Å². The molecule has 0 heterocycles. The maximum absolute atomic E-state index is 13.0. The number of fused-ring (bicyclic) bond motifs is 1. The molecule has 0 atom stereocenters. The van der Waals surface area contributed by atoms with Crippen LogP contribution >= 0.6 is 0 Å². The van der Waals surface area contributed by atoms with E-state index in [-0.39, 0.29) is 5.78 Å². The lowest BCUT2D eigenvalue weighted by Crippen LogP contribution is -2.01. The molecule has 26 heavy (non-hydrogen) atoms. The van der Waals surface area contributed by atoms with Crippen LogP contribution in [-0.2, 0) is 0 Å². The average molecular weight is 339 g/mol. The monoisotopic (exact) mass is 339 g/mol. The smallest absolute Gasteiger partial charge is 0.196 e. The van der Waals surface area contributed by atoms with E-state index in [9.17, 15) is 4.79 Å². The van der Waals surface area contributed by atoms with Gasteiger partial charge >= 0.3 is 0 Å². The minimum absolute atomic E-state index is 0.0769. The first kappa shape index (κ1) is 16.3. The van der Waals surface area contributed by atoms with Crippen molar-refractivity contribution in [3.05, 3.63) is 101 Å². The van der Waals surface area contributed by atoms with Gasteiger partial charge in [0.25, 0.3) is 0 Å².